The van der Waals surface area contributed by atoms with Crippen molar-refractivity contribution in [3.8, 4) is 0 Å². The maximum absolute atomic E-state index is 11.7. The molecule has 0 aliphatic carbocycles. The van der Waals surface area contributed by atoms with Crippen LogP contribution < -0.4 is 9.62 Å². The Morgan fingerprint density at radius 2 is 1.91 bits per heavy atom. The number of benzene rings is 1. The predicted molar refractivity (Wildman–Crippen MR) is 90.9 cm³/mol. The van der Waals surface area contributed by atoms with Crippen LogP contribution in [0.5, 0.6) is 0 Å². The maximum Gasteiger partial charge on any atom is 0.233 e. The van der Waals surface area contributed by atoms with Gasteiger partial charge in [-0.3, -0.25) is 4.72 Å². The van der Waals surface area contributed by atoms with Crippen LogP contribution in [0.25, 0.3) is 0 Å². The van der Waals surface area contributed by atoms with Gasteiger partial charge in [0.1, 0.15) is 0 Å². The Morgan fingerprint density at radius 3 is 2.61 bits per heavy atom. The number of fused-ring (bicyclic) bond motifs is 1. The number of aromatic nitrogens is 2. The summed E-state index contributed by atoms with van der Waals surface area (Å²) in [6.45, 7) is 3.50. The van der Waals surface area contributed by atoms with Crippen molar-refractivity contribution in [2.24, 2.45) is 0 Å². The summed E-state index contributed by atoms with van der Waals surface area (Å²) in [5.74, 6) is 1.11. The van der Waals surface area contributed by atoms with E-state index in [-0.39, 0.29) is 11.6 Å². The zero-order valence-corrected chi connectivity index (χ0v) is 13.9. The summed E-state index contributed by atoms with van der Waals surface area (Å²) in [7, 11) is -3.33. The van der Waals surface area contributed by atoms with Crippen molar-refractivity contribution in [2.45, 2.75) is 26.3 Å². The summed E-state index contributed by atoms with van der Waals surface area (Å²) >= 11 is 0. The fourth-order valence-electron chi connectivity index (χ4n) is 2.72. The van der Waals surface area contributed by atoms with Crippen LogP contribution in [0, 0.1) is 0 Å². The third-order valence-corrected chi connectivity index (χ3v) is 5.30. The van der Waals surface area contributed by atoms with Gasteiger partial charge in [-0.2, -0.15) is 0 Å². The van der Waals surface area contributed by atoms with Crippen LogP contribution in [-0.2, 0) is 23.0 Å². The average Bonchev–Trinajstić information content (AvgIpc) is 2.54. The molecule has 1 aromatic carbocycles. The van der Waals surface area contributed by atoms with Crippen molar-refractivity contribution in [2.75, 3.05) is 21.9 Å². The molecule has 0 amide bonds. The van der Waals surface area contributed by atoms with Gasteiger partial charge in [0.2, 0.25) is 10.0 Å². The van der Waals surface area contributed by atoms with E-state index >= 15 is 0 Å². The number of sulfonamides is 1. The molecule has 0 saturated carbocycles. The quantitative estimate of drug-likeness (QED) is 0.908. The molecule has 2 heterocycles. The van der Waals surface area contributed by atoms with E-state index in [1.54, 1.807) is 6.07 Å². The van der Waals surface area contributed by atoms with E-state index in [9.17, 15) is 8.42 Å². The maximum atomic E-state index is 11.7. The van der Waals surface area contributed by atoms with Crippen molar-refractivity contribution in [1.29, 1.82) is 0 Å². The highest BCUT2D eigenvalue weighted by Gasteiger charge is 2.17. The molecule has 23 heavy (non-hydrogen) atoms. The Labute approximate surface area is 136 Å². The Bertz CT molecular complexity index is 775. The first-order valence-corrected chi connectivity index (χ1v) is 9.38. The van der Waals surface area contributed by atoms with Gasteiger partial charge in [-0.25, -0.2) is 8.42 Å². The molecule has 0 fully saturated rings. The molecule has 0 unspecified atom stereocenters. The van der Waals surface area contributed by atoms with Gasteiger partial charge >= 0.3 is 0 Å². The molecule has 1 aliphatic rings. The lowest BCUT2D eigenvalue weighted by atomic mass is 10.00. The lowest BCUT2D eigenvalue weighted by Gasteiger charge is -2.29. The van der Waals surface area contributed by atoms with Crippen molar-refractivity contribution >= 4 is 21.7 Å². The van der Waals surface area contributed by atoms with E-state index in [1.807, 2.05) is 19.1 Å². The lowest BCUT2D eigenvalue weighted by molar-refractivity contribution is 0.599. The smallest absolute Gasteiger partial charge is 0.233 e. The normalized spacial score (nSPS) is 14.4. The minimum atomic E-state index is -3.33. The molecule has 1 aromatic heterocycles. The molecule has 0 saturated heterocycles. The van der Waals surface area contributed by atoms with Crippen molar-refractivity contribution in [3.05, 3.63) is 47.5 Å². The Balaban J connectivity index is 1.71. The van der Waals surface area contributed by atoms with E-state index in [0.717, 1.165) is 25.3 Å². The summed E-state index contributed by atoms with van der Waals surface area (Å²) in [5.41, 5.74) is 2.67. The van der Waals surface area contributed by atoms with Gasteiger partial charge in [0.15, 0.2) is 11.6 Å². The highest BCUT2D eigenvalue weighted by atomic mass is 32.2. The van der Waals surface area contributed by atoms with Gasteiger partial charge in [-0.15, -0.1) is 10.2 Å². The van der Waals surface area contributed by atoms with E-state index < -0.39 is 10.0 Å². The fraction of sp³-hybridized carbons (Fsp3) is 0.375. The zero-order valence-electron chi connectivity index (χ0n) is 13.1. The molecule has 0 atom stereocenters. The molecule has 3 rings (SSSR count). The number of nitrogens with zero attached hydrogens (tertiary/aromatic N) is 3. The van der Waals surface area contributed by atoms with Crippen LogP contribution in [0.3, 0.4) is 0 Å². The number of nitrogens with one attached hydrogen (secondary N) is 1. The van der Waals surface area contributed by atoms with Gasteiger partial charge < -0.3 is 4.90 Å². The van der Waals surface area contributed by atoms with E-state index in [0.29, 0.717) is 6.42 Å². The Kier molecular flexibility index (Phi) is 4.47. The second kappa shape index (κ2) is 6.54. The van der Waals surface area contributed by atoms with Crippen LogP contribution in [0.2, 0.25) is 0 Å². The number of rotatable bonds is 5. The number of hydrogen-bond donors (Lipinski definition) is 1. The van der Waals surface area contributed by atoms with Gasteiger partial charge in [0, 0.05) is 13.1 Å². The monoisotopic (exact) mass is 332 g/mol. The molecular formula is C16H20N4O2S. The van der Waals surface area contributed by atoms with Gasteiger partial charge in [-0.05, 0) is 36.1 Å². The minimum absolute atomic E-state index is 0.0827. The molecular weight excluding hydrogens is 312 g/mol. The van der Waals surface area contributed by atoms with Crippen LogP contribution in [0.1, 0.15) is 24.5 Å². The molecule has 0 radical (unpaired) electrons. The van der Waals surface area contributed by atoms with Crippen molar-refractivity contribution in [1.82, 2.24) is 10.2 Å². The molecule has 1 N–H and O–H groups in total. The first kappa shape index (κ1) is 15.7. The molecule has 0 bridgehead atoms. The molecule has 2 aromatic rings. The summed E-state index contributed by atoms with van der Waals surface area (Å²) < 4.78 is 25.9. The third kappa shape index (κ3) is 3.79. The summed E-state index contributed by atoms with van der Waals surface area (Å²) in [6.07, 6.45) is 1.54. The second-order valence-corrected chi connectivity index (χ2v) is 7.48. The standard InChI is InChI=1S/C16H20N4O2S/c1-2-11-23(21,22)19-15-7-8-16(18-17-15)20-10-9-13-5-3-4-6-14(13)12-20/h3-8H,2,9-12H2,1H3,(H,17,19). The minimum Gasteiger partial charge on any atom is -0.350 e. The average molecular weight is 332 g/mol. The van der Waals surface area contributed by atoms with Gasteiger partial charge in [0.25, 0.3) is 0 Å². The molecule has 1 aliphatic heterocycles. The number of anilines is 2. The van der Waals surface area contributed by atoms with Crippen molar-refractivity contribution in [3.63, 3.8) is 0 Å². The van der Waals surface area contributed by atoms with Crippen LogP contribution in [-0.4, -0.2) is 30.9 Å². The first-order chi connectivity index (χ1) is 11.1. The predicted octanol–water partition coefficient (Wildman–Crippen LogP) is 2.19. The van der Waals surface area contributed by atoms with E-state index in [2.05, 4.69) is 38.0 Å². The second-order valence-electron chi connectivity index (χ2n) is 5.64. The van der Waals surface area contributed by atoms with E-state index in [1.165, 1.54) is 11.1 Å². The van der Waals surface area contributed by atoms with E-state index in [4.69, 9.17) is 0 Å². The molecule has 6 nitrogen and oxygen atoms in total. The van der Waals surface area contributed by atoms with Crippen LogP contribution in [0.4, 0.5) is 11.6 Å². The van der Waals surface area contributed by atoms with Gasteiger partial charge in [0.05, 0.1) is 5.75 Å². The largest absolute Gasteiger partial charge is 0.350 e. The zero-order chi connectivity index (χ0) is 16.3. The van der Waals surface area contributed by atoms with Gasteiger partial charge in [-0.1, -0.05) is 31.2 Å². The Hall–Kier alpha value is -2.15. The summed E-state index contributed by atoms with van der Waals surface area (Å²) in [4.78, 5) is 2.15. The SMILES string of the molecule is CCCS(=O)(=O)Nc1ccc(N2CCc3ccccc3C2)nn1. The molecule has 0 spiro atoms. The molecule has 7 heteroatoms. The highest BCUT2D eigenvalue weighted by Crippen LogP contribution is 2.23. The van der Waals surface area contributed by atoms with Crippen molar-refractivity contribution < 1.29 is 8.42 Å². The van der Waals surface area contributed by atoms with Crippen LogP contribution in [0.15, 0.2) is 36.4 Å². The highest BCUT2D eigenvalue weighted by molar-refractivity contribution is 7.92. The third-order valence-electron chi connectivity index (χ3n) is 3.84. The summed E-state index contributed by atoms with van der Waals surface area (Å²) in [5, 5.41) is 8.16. The topological polar surface area (TPSA) is 75.2 Å². The first-order valence-electron chi connectivity index (χ1n) is 7.73. The fourth-order valence-corrected chi connectivity index (χ4v) is 3.79. The molecule has 122 valence electrons. The summed E-state index contributed by atoms with van der Waals surface area (Å²) in [6, 6.07) is 11.9. The Morgan fingerprint density at radius 1 is 1.13 bits per heavy atom. The van der Waals surface area contributed by atoms with Crippen LogP contribution >= 0.6 is 0 Å². The number of hydrogen-bond acceptors (Lipinski definition) is 5. The lowest BCUT2D eigenvalue weighted by Crippen LogP contribution is -2.31.